The monoisotopic (exact) mass is 369 g/mol. The highest BCUT2D eigenvalue weighted by Crippen LogP contribution is 2.35. The Hall–Kier alpha value is -2.93. The first-order valence-electron chi connectivity index (χ1n) is 8.80. The SMILES string of the molecule is CCOC(=O)C[C@@H](c1cccc(CO)c1)c1cc(OC)c2c(c1)nnn2C. The number of carbonyl (C=O) groups excluding carboxylic acids is 1. The van der Waals surface area contributed by atoms with E-state index in [-0.39, 0.29) is 24.9 Å². The average molecular weight is 369 g/mol. The Bertz CT molecular complexity index is 952. The minimum atomic E-state index is -0.282. The van der Waals surface area contributed by atoms with Crippen LogP contribution in [0, 0.1) is 0 Å². The van der Waals surface area contributed by atoms with Crippen LogP contribution in [0.4, 0.5) is 0 Å². The summed E-state index contributed by atoms with van der Waals surface area (Å²) in [4.78, 5) is 12.2. The molecule has 1 N–H and O–H groups in total. The lowest BCUT2D eigenvalue weighted by Gasteiger charge is -2.19. The van der Waals surface area contributed by atoms with Crippen LogP contribution in [0.25, 0.3) is 11.0 Å². The number of fused-ring (bicyclic) bond motifs is 1. The summed E-state index contributed by atoms with van der Waals surface area (Å²) in [7, 11) is 3.40. The maximum atomic E-state index is 12.2. The molecule has 7 nitrogen and oxygen atoms in total. The van der Waals surface area contributed by atoms with Gasteiger partial charge in [-0.15, -0.1) is 5.10 Å². The van der Waals surface area contributed by atoms with E-state index < -0.39 is 0 Å². The second-order valence-corrected chi connectivity index (χ2v) is 6.27. The number of methoxy groups -OCH3 is 1. The van der Waals surface area contributed by atoms with Crippen LogP contribution in [0.2, 0.25) is 0 Å². The second kappa shape index (κ2) is 8.18. The molecule has 7 heteroatoms. The van der Waals surface area contributed by atoms with Crippen LogP contribution >= 0.6 is 0 Å². The first-order chi connectivity index (χ1) is 13.1. The fourth-order valence-corrected chi connectivity index (χ4v) is 3.26. The van der Waals surface area contributed by atoms with Gasteiger partial charge in [0.05, 0.1) is 26.7 Å². The van der Waals surface area contributed by atoms with Gasteiger partial charge in [-0.3, -0.25) is 4.79 Å². The maximum Gasteiger partial charge on any atom is 0.306 e. The van der Waals surface area contributed by atoms with E-state index in [0.29, 0.717) is 17.9 Å². The molecule has 0 saturated heterocycles. The normalized spacial score (nSPS) is 12.1. The zero-order valence-corrected chi connectivity index (χ0v) is 15.7. The van der Waals surface area contributed by atoms with Crippen molar-refractivity contribution in [3.63, 3.8) is 0 Å². The number of hydrogen-bond donors (Lipinski definition) is 1. The van der Waals surface area contributed by atoms with Gasteiger partial charge in [-0.25, -0.2) is 4.68 Å². The number of hydrogen-bond acceptors (Lipinski definition) is 6. The zero-order valence-electron chi connectivity index (χ0n) is 15.7. The molecule has 1 atom stereocenters. The van der Waals surface area contributed by atoms with Crippen molar-refractivity contribution in [2.45, 2.75) is 25.9 Å². The first kappa shape index (κ1) is 18.8. The van der Waals surface area contributed by atoms with Gasteiger partial charge < -0.3 is 14.6 Å². The molecule has 0 saturated carbocycles. The van der Waals surface area contributed by atoms with Gasteiger partial charge in [-0.2, -0.15) is 0 Å². The van der Waals surface area contributed by atoms with E-state index >= 15 is 0 Å². The summed E-state index contributed by atoms with van der Waals surface area (Å²) in [5.74, 6) is 0.105. The van der Waals surface area contributed by atoms with Crippen molar-refractivity contribution in [3.8, 4) is 5.75 Å². The van der Waals surface area contributed by atoms with Crippen molar-refractivity contribution in [3.05, 3.63) is 53.1 Å². The molecule has 1 aromatic heterocycles. The molecule has 27 heavy (non-hydrogen) atoms. The summed E-state index contributed by atoms with van der Waals surface area (Å²) in [5.41, 5.74) is 4.07. The first-order valence-corrected chi connectivity index (χ1v) is 8.80. The quantitative estimate of drug-likeness (QED) is 0.644. The number of aryl methyl sites for hydroxylation is 1. The molecular formula is C20H23N3O4. The molecule has 3 rings (SSSR count). The molecule has 0 bridgehead atoms. The van der Waals surface area contributed by atoms with Gasteiger partial charge in [-0.05, 0) is 35.7 Å². The lowest BCUT2D eigenvalue weighted by atomic mass is 9.87. The third-order valence-corrected chi connectivity index (χ3v) is 4.52. The number of aromatic nitrogens is 3. The number of aliphatic hydroxyl groups is 1. The molecule has 0 aliphatic carbocycles. The summed E-state index contributed by atoms with van der Waals surface area (Å²) >= 11 is 0. The second-order valence-electron chi connectivity index (χ2n) is 6.27. The van der Waals surface area contributed by atoms with Gasteiger partial charge in [0, 0.05) is 13.0 Å². The van der Waals surface area contributed by atoms with Crippen LogP contribution in [-0.2, 0) is 23.2 Å². The summed E-state index contributed by atoms with van der Waals surface area (Å²) in [6.45, 7) is 2.05. The van der Waals surface area contributed by atoms with Crippen molar-refractivity contribution in [1.82, 2.24) is 15.0 Å². The van der Waals surface area contributed by atoms with Crippen LogP contribution in [-0.4, -0.2) is 39.8 Å². The van der Waals surface area contributed by atoms with E-state index in [9.17, 15) is 9.90 Å². The highest BCUT2D eigenvalue weighted by molar-refractivity contribution is 5.83. The van der Waals surface area contributed by atoms with Gasteiger partial charge in [-0.1, -0.05) is 29.5 Å². The molecule has 3 aromatic rings. The Morgan fingerprint density at radius 3 is 2.78 bits per heavy atom. The Balaban J connectivity index is 2.11. The molecule has 0 fully saturated rings. The number of esters is 1. The van der Waals surface area contributed by atoms with Gasteiger partial charge >= 0.3 is 5.97 Å². The number of ether oxygens (including phenoxy) is 2. The Kier molecular flexibility index (Phi) is 5.71. The standard InChI is InChI=1S/C20H23N3O4/c1-4-27-19(25)11-16(14-7-5-6-13(8-14)12-24)15-9-17-20(18(10-15)26-3)23(2)22-21-17/h5-10,16,24H,4,11-12H2,1-3H3/t16-/m0/s1. The molecule has 0 unspecified atom stereocenters. The Morgan fingerprint density at radius 1 is 1.26 bits per heavy atom. The van der Waals surface area contributed by atoms with E-state index in [4.69, 9.17) is 9.47 Å². The average Bonchev–Trinajstić information content (AvgIpc) is 3.06. The number of aliphatic hydroxyl groups excluding tert-OH is 1. The summed E-state index contributed by atoms with van der Waals surface area (Å²) in [6, 6.07) is 11.4. The zero-order chi connectivity index (χ0) is 19.4. The maximum absolute atomic E-state index is 12.2. The molecule has 2 aromatic carbocycles. The molecule has 142 valence electrons. The van der Waals surface area contributed by atoms with Gasteiger partial charge in [0.1, 0.15) is 16.8 Å². The van der Waals surface area contributed by atoms with E-state index in [1.807, 2.05) is 36.4 Å². The predicted molar refractivity (Wildman–Crippen MR) is 101 cm³/mol. The van der Waals surface area contributed by atoms with Gasteiger partial charge in [0.2, 0.25) is 0 Å². The molecular weight excluding hydrogens is 346 g/mol. The topological polar surface area (TPSA) is 86.5 Å². The van der Waals surface area contributed by atoms with Crippen LogP contribution < -0.4 is 4.74 Å². The van der Waals surface area contributed by atoms with Crippen LogP contribution in [0.15, 0.2) is 36.4 Å². The predicted octanol–water partition coefficient (Wildman–Crippen LogP) is 2.55. The molecule has 0 radical (unpaired) electrons. The lowest BCUT2D eigenvalue weighted by Crippen LogP contribution is -2.12. The van der Waals surface area contributed by atoms with Gasteiger partial charge in [0.25, 0.3) is 0 Å². The van der Waals surface area contributed by atoms with E-state index in [1.165, 1.54) is 0 Å². The number of carbonyl (C=O) groups is 1. The third kappa shape index (κ3) is 3.93. The summed E-state index contributed by atoms with van der Waals surface area (Å²) in [5, 5.41) is 17.7. The Labute approximate surface area is 157 Å². The van der Waals surface area contributed by atoms with Crippen molar-refractivity contribution in [1.29, 1.82) is 0 Å². The van der Waals surface area contributed by atoms with E-state index in [2.05, 4.69) is 10.3 Å². The largest absolute Gasteiger partial charge is 0.494 e. The van der Waals surface area contributed by atoms with Crippen molar-refractivity contribution >= 4 is 17.0 Å². The summed E-state index contributed by atoms with van der Waals surface area (Å²) in [6.07, 6.45) is 0.178. The van der Waals surface area contributed by atoms with Crippen molar-refractivity contribution in [2.75, 3.05) is 13.7 Å². The number of benzene rings is 2. The van der Waals surface area contributed by atoms with E-state index in [1.54, 1.807) is 25.8 Å². The molecule has 0 amide bonds. The molecule has 0 aliphatic heterocycles. The van der Waals surface area contributed by atoms with Crippen molar-refractivity contribution in [2.24, 2.45) is 7.05 Å². The minimum absolute atomic E-state index is 0.0630. The highest BCUT2D eigenvalue weighted by Gasteiger charge is 2.22. The number of rotatable bonds is 7. The van der Waals surface area contributed by atoms with E-state index in [0.717, 1.165) is 22.2 Å². The van der Waals surface area contributed by atoms with Crippen molar-refractivity contribution < 1.29 is 19.4 Å². The molecule has 0 spiro atoms. The number of nitrogens with zero attached hydrogens (tertiary/aromatic N) is 3. The molecule has 1 heterocycles. The fourth-order valence-electron chi connectivity index (χ4n) is 3.26. The smallest absolute Gasteiger partial charge is 0.306 e. The fraction of sp³-hybridized carbons (Fsp3) is 0.350. The lowest BCUT2D eigenvalue weighted by molar-refractivity contribution is -0.143. The molecule has 0 aliphatic rings. The van der Waals surface area contributed by atoms with Crippen LogP contribution in [0.3, 0.4) is 0 Å². The summed E-state index contributed by atoms with van der Waals surface area (Å²) < 4.78 is 12.4. The van der Waals surface area contributed by atoms with Gasteiger partial charge in [0.15, 0.2) is 0 Å². The Morgan fingerprint density at radius 2 is 2.07 bits per heavy atom. The highest BCUT2D eigenvalue weighted by atomic mass is 16.5. The third-order valence-electron chi connectivity index (χ3n) is 4.52. The van der Waals surface area contributed by atoms with Crippen LogP contribution in [0.1, 0.15) is 36.0 Å². The van der Waals surface area contributed by atoms with Crippen LogP contribution in [0.5, 0.6) is 5.75 Å². The minimum Gasteiger partial charge on any atom is -0.494 e.